The largest absolute Gasteiger partial charge is 0.417 e. The van der Waals surface area contributed by atoms with Crippen LogP contribution in [0.4, 0.5) is 23.4 Å². The van der Waals surface area contributed by atoms with Gasteiger partial charge in [0.1, 0.15) is 11.6 Å². The quantitative estimate of drug-likeness (QED) is 0.603. The van der Waals surface area contributed by atoms with Crippen LogP contribution in [0.1, 0.15) is 24.1 Å². The molecule has 2 aromatic heterocycles. The predicted octanol–water partition coefficient (Wildman–Crippen LogP) is 4.73. The molecule has 0 bridgehead atoms. The minimum Gasteiger partial charge on any atom is -0.357 e. The van der Waals surface area contributed by atoms with Crippen LogP contribution in [0.2, 0.25) is 0 Å². The SMILES string of the molecule is Fc1ccc2[nH]c(CN[C@H]3CC[C@@H]4CN(c5ccc(C(F)(F)F)cn5)C[C@@H]43)cc2c1. The average molecular weight is 418 g/mol. The van der Waals surface area contributed by atoms with Crippen molar-refractivity contribution in [2.45, 2.75) is 31.6 Å². The normalized spacial score (nSPS) is 24.0. The molecule has 1 aliphatic heterocycles. The van der Waals surface area contributed by atoms with E-state index in [1.165, 1.54) is 18.2 Å². The van der Waals surface area contributed by atoms with Crippen LogP contribution in [-0.4, -0.2) is 29.1 Å². The molecule has 158 valence electrons. The highest BCUT2D eigenvalue weighted by atomic mass is 19.4. The molecule has 3 aromatic rings. The van der Waals surface area contributed by atoms with E-state index in [0.717, 1.165) is 54.8 Å². The van der Waals surface area contributed by atoms with Gasteiger partial charge in [-0.2, -0.15) is 13.2 Å². The van der Waals surface area contributed by atoms with Crippen LogP contribution in [0, 0.1) is 17.7 Å². The second-order valence-electron chi connectivity index (χ2n) is 8.32. The van der Waals surface area contributed by atoms with E-state index in [2.05, 4.69) is 20.2 Å². The molecule has 3 heterocycles. The molecule has 2 fully saturated rings. The summed E-state index contributed by atoms with van der Waals surface area (Å²) in [6, 6.07) is 9.59. The average Bonchev–Trinajstić information content (AvgIpc) is 3.39. The Morgan fingerprint density at radius 3 is 2.73 bits per heavy atom. The maximum atomic E-state index is 13.4. The third kappa shape index (κ3) is 3.64. The topological polar surface area (TPSA) is 44.0 Å². The van der Waals surface area contributed by atoms with E-state index in [9.17, 15) is 17.6 Å². The number of benzene rings is 1. The van der Waals surface area contributed by atoms with E-state index in [1.54, 1.807) is 6.07 Å². The molecular weight excluding hydrogens is 396 g/mol. The summed E-state index contributed by atoms with van der Waals surface area (Å²) in [4.78, 5) is 9.46. The highest BCUT2D eigenvalue weighted by molar-refractivity contribution is 5.80. The van der Waals surface area contributed by atoms with Gasteiger partial charge in [-0.15, -0.1) is 0 Å². The number of fused-ring (bicyclic) bond motifs is 2. The number of hydrogen-bond donors (Lipinski definition) is 2. The van der Waals surface area contributed by atoms with Crippen LogP contribution in [0.25, 0.3) is 10.9 Å². The van der Waals surface area contributed by atoms with Crippen LogP contribution >= 0.6 is 0 Å². The van der Waals surface area contributed by atoms with Gasteiger partial charge in [-0.25, -0.2) is 9.37 Å². The molecule has 1 aromatic carbocycles. The van der Waals surface area contributed by atoms with E-state index in [-0.39, 0.29) is 5.82 Å². The molecule has 0 amide bonds. The molecule has 1 saturated heterocycles. The summed E-state index contributed by atoms with van der Waals surface area (Å²) in [6.45, 7) is 2.29. The van der Waals surface area contributed by atoms with Gasteiger partial charge in [0.25, 0.3) is 0 Å². The van der Waals surface area contributed by atoms with Crippen molar-refractivity contribution in [2.24, 2.45) is 11.8 Å². The van der Waals surface area contributed by atoms with Gasteiger partial charge in [-0.05, 0) is 61.1 Å². The fraction of sp³-hybridized carbons (Fsp3) is 0.409. The van der Waals surface area contributed by atoms with Crippen molar-refractivity contribution in [1.82, 2.24) is 15.3 Å². The Morgan fingerprint density at radius 2 is 1.97 bits per heavy atom. The van der Waals surface area contributed by atoms with Gasteiger partial charge in [0.05, 0.1) is 5.56 Å². The lowest BCUT2D eigenvalue weighted by atomic mass is 9.98. The molecule has 4 nitrogen and oxygen atoms in total. The number of H-pyrrole nitrogens is 1. The van der Waals surface area contributed by atoms with Crippen LogP contribution in [-0.2, 0) is 12.7 Å². The van der Waals surface area contributed by atoms with Gasteiger partial charge >= 0.3 is 6.18 Å². The zero-order valence-corrected chi connectivity index (χ0v) is 16.2. The van der Waals surface area contributed by atoms with Crippen molar-refractivity contribution in [1.29, 1.82) is 0 Å². The van der Waals surface area contributed by atoms with Crippen molar-refractivity contribution in [3.05, 3.63) is 59.7 Å². The van der Waals surface area contributed by atoms with E-state index in [0.29, 0.717) is 30.2 Å². The first kappa shape index (κ1) is 19.4. The summed E-state index contributed by atoms with van der Waals surface area (Å²) >= 11 is 0. The maximum Gasteiger partial charge on any atom is 0.417 e. The van der Waals surface area contributed by atoms with Gasteiger partial charge < -0.3 is 15.2 Å². The predicted molar refractivity (Wildman–Crippen MR) is 107 cm³/mol. The number of hydrogen-bond acceptors (Lipinski definition) is 3. The molecule has 2 aliphatic rings. The van der Waals surface area contributed by atoms with Gasteiger partial charge in [0.2, 0.25) is 0 Å². The smallest absolute Gasteiger partial charge is 0.357 e. The Balaban J connectivity index is 1.22. The molecule has 0 unspecified atom stereocenters. The molecule has 1 aliphatic carbocycles. The Labute approximate surface area is 171 Å². The standard InChI is InChI=1S/C22H22F4N4/c23-16-3-5-19-14(7-16)8-17(29-19)10-27-20-4-1-13-11-30(12-18(13)20)21-6-2-15(9-28-21)22(24,25)26/h2-3,5-9,13,18,20,27,29H,1,4,10-12H2/t13-,18+,20+/m1/s1. The first-order valence-electron chi connectivity index (χ1n) is 10.2. The lowest BCUT2D eigenvalue weighted by Gasteiger charge is -2.22. The number of aromatic amines is 1. The number of alkyl halides is 3. The molecule has 0 spiro atoms. The Bertz CT molecular complexity index is 1040. The zero-order valence-electron chi connectivity index (χ0n) is 16.2. The zero-order chi connectivity index (χ0) is 20.9. The lowest BCUT2D eigenvalue weighted by Crippen LogP contribution is -2.35. The monoisotopic (exact) mass is 418 g/mol. The Hall–Kier alpha value is -2.61. The minimum atomic E-state index is -4.36. The number of aromatic nitrogens is 2. The molecule has 0 radical (unpaired) electrons. The first-order chi connectivity index (χ1) is 14.4. The van der Waals surface area contributed by atoms with Gasteiger partial charge in [0.15, 0.2) is 0 Å². The highest BCUT2D eigenvalue weighted by Gasteiger charge is 2.43. The number of halogens is 4. The number of anilines is 1. The van der Waals surface area contributed by atoms with Crippen LogP contribution < -0.4 is 10.2 Å². The summed E-state index contributed by atoms with van der Waals surface area (Å²) in [5.74, 6) is 1.32. The summed E-state index contributed by atoms with van der Waals surface area (Å²) in [5.41, 5.74) is 1.21. The molecule has 8 heteroatoms. The third-order valence-electron chi connectivity index (χ3n) is 6.45. The van der Waals surface area contributed by atoms with Gasteiger partial charge in [-0.1, -0.05) is 0 Å². The third-order valence-corrected chi connectivity index (χ3v) is 6.45. The van der Waals surface area contributed by atoms with Crippen LogP contribution in [0.5, 0.6) is 0 Å². The Kier molecular flexibility index (Phi) is 4.69. The molecule has 2 N–H and O–H groups in total. The molecule has 5 rings (SSSR count). The van der Waals surface area contributed by atoms with Gasteiger partial charge in [-0.3, -0.25) is 0 Å². The van der Waals surface area contributed by atoms with E-state index >= 15 is 0 Å². The summed E-state index contributed by atoms with van der Waals surface area (Å²) in [7, 11) is 0. The second kappa shape index (κ2) is 7.27. The van der Waals surface area contributed by atoms with Crippen molar-refractivity contribution in [2.75, 3.05) is 18.0 Å². The lowest BCUT2D eigenvalue weighted by molar-refractivity contribution is -0.137. The van der Waals surface area contributed by atoms with Crippen LogP contribution in [0.15, 0.2) is 42.6 Å². The highest BCUT2D eigenvalue weighted by Crippen LogP contribution is 2.40. The van der Waals surface area contributed by atoms with Crippen molar-refractivity contribution < 1.29 is 17.6 Å². The van der Waals surface area contributed by atoms with Crippen molar-refractivity contribution >= 4 is 16.7 Å². The summed E-state index contributed by atoms with van der Waals surface area (Å²) in [6.07, 6.45) is -1.27. The summed E-state index contributed by atoms with van der Waals surface area (Å²) in [5, 5.41) is 4.48. The second-order valence-corrected chi connectivity index (χ2v) is 8.32. The van der Waals surface area contributed by atoms with Crippen molar-refractivity contribution in [3.8, 4) is 0 Å². The molecular formula is C22H22F4N4. The number of nitrogens with zero attached hydrogens (tertiary/aromatic N) is 2. The fourth-order valence-corrected chi connectivity index (χ4v) is 4.95. The van der Waals surface area contributed by atoms with E-state index in [1.807, 2.05) is 6.07 Å². The number of pyridine rings is 1. The minimum absolute atomic E-state index is 0.248. The summed E-state index contributed by atoms with van der Waals surface area (Å²) < 4.78 is 51.7. The first-order valence-corrected chi connectivity index (χ1v) is 10.2. The van der Waals surface area contributed by atoms with E-state index in [4.69, 9.17) is 0 Å². The van der Waals surface area contributed by atoms with Gasteiger partial charge in [0, 0.05) is 48.5 Å². The molecule has 30 heavy (non-hydrogen) atoms. The maximum absolute atomic E-state index is 13.4. The van der Waals surface area contributed by atoms with E-state index < -0.39 is 11.7 Å². The van der Waals surface area contributed by atoms with Crippen LogP contribution in [0.3, 0.4) is 0 Å². The molecule has 1 saturated carbocycles. The number of rotatable bonds is 4. The van der Waals surface area contributed by atoms with Crippen molar-refractivity contribution in [3.63, 3.8) is 0 Å². The Morgan fingerprint density at radius 1 is 1.10 bits per heavy atom. The number of nitrogens with one attached hydrogen (secondary N) is 2. The fourth-order valence-electron chi connectivity index (χ4n) is 4.95. The molecule has 3 atom stereocenters.